The Labute approximate surface area is 413 Å². The van der Waals surface area contributed by atoms with Crippen molar-refractivity contribution in [1.82, 2.24) is 10.6 Å². The molecule has 0 aromatic rings. The molecule has 416 valence electrons. The maximum absolute atomic E-state index is 12.9. The van der Waals surface area contributed by atoms with E-state index in [1.165, 1.54) is 6.08 Å². The molecule has 40 heteroatoms. The first-order chi connectivity index (χ1) is 33.7. The summed E-state index contributed by atoms with van der Waals surface area (Å²) in [4.78, 5) is 50.0. The summed E-state index contributed by atoms with van der Waals surface area (Å²) in [5.74, 6) is -6.41. The molecule has 4 fully saturated rings. The van der Waals surface area contributed by atoms with Crippen molar-refractivity contribution in [2.24, 2.45) is 0 Å². The SMILES string of the molecule is C=CCCC1OC(COS(=O)(=O)[O-])C(OSOO[O-])C(OC2OC(C(=O)[O-])C(OC3OC(COS(=O)(=O)[O-])C(OSOO[O-])C(OC4OC(C(=O)[O-])C(O)C(O)C4O)C3NC(C)=O)C(O)C2O)C1NC(C)=O. The second kappa shape index (κ2) is 27.9. The largest absolute Gasteiger partial charge is 0.726 e. The van der Waals surface area contributed by atoms with E-state index in [9.17, 15) is 91.4 Å². The number of aliphatic hydroxyl groups is 5. The minimum absolute atomic E-state index is 0.0899. The molecule has 36 nitrogen and oxygen atoms in total. The van der Waals surface area contributed by atoms with Crippen molar-refractivity contribution >= 4 is 69.2 Å². The van der Waals surface area contributed by atoms with E-state index in [4.69, 9.17) is 41.5 Å². The fourth-order valence-corrected chi connectivity index (χ4v) is 8.90. The van der Waals surface area contributed by atoms with Gasteiger partial charge in [0.25, 0.3) is 0 Å². The van der Waals surface area contributed by atoms with Gasteiger partial charge in [-0.3, -0.25) is 36.4 Å². The molecule has 4 rings (SSSR count). The van der Waals surface area contributed by atoms with Crippen molar-refractivity contribution < 1.29 is 160 Å². The average Bonchev–Trinajstić information content (AvgIpc) is 3.28. The Morgan fingerprint density at radius 2 is 1.04 bits per heavy atom. The number of ether oxygens (including phenoxy) is 7. The lowest BCUT2D eigenvalue weighted by molar-refractivity contribution is -0.778. The summed E-state index contributed by atoms with van der Waals surface area (Å²) in [5, 5.41) is 112. The Kier molecular flexibility index (Phi) is 23.9. The smallest absolute Gasteiger partial charge is 0.217 e. The average molecular weight is 1130 g/mol. The molecule has 7 N–H and O–H groups in total. The van der Waals surface area contributed by atoms with Crippen molar-refractivity contribution in [3.05, 3.63) is 12.7 Å². The van der Waals surface area contributed by atoms with Gasteiger partial charge in [0.05, 0.1) is 37.3 Å². The van der Waals surface area contributed by atoms with Crippen LogP contribution in [0.25, 0.3) is 0 Å². The molecule has 2 amide bonds. The van der Waals surface area contributed by atoms with Crippen molar-refractivity contribution in [3.8, 4) is 0 Å². The molecule has 20 atom stereocenters. The Hall–Kier alpha value is -2.74. The second-order valence-electron chi connectivity index (χ2n) is 15.2. The van der Waals surface area contributed by atoms with Gasteiger partial charge in [0.1, 0.15) is 91.5 Å². The van der Waals surface area contributed by atoms with E-state index in [1.807, 2.05) is 0 Å². The molecule has 0 saturated carbocycles. The third-order valence-corrected chi connectivity index (χ3v) is 12.1. The van der Waals surface area contributed by atoms with E-state index >= 15 is 0 Å². The highest BCUT2D eigenvalue weighted by atomic mass is 32.3. The highest BCUT2D eigenvalue weighted by Gasteiger charge is 2.57. The van der Waals surface area contributed by atoms with Crippen molar-refractivity contribution in [1.29, 1.82) is 0 Å². The quantitative estimate of drug-likeness (QED) is 0.00764. The molecule has 0 bridgehead atoms. The van der Waals surface area contributed by atoms with Crippen LogP contribution in [0.15, 0.2) is 12.7 Å². The zero-order chi connectivity index (χ0) is 53.8. The maximum Gasteiger partial charge on any atom is 0.217 e. The molecule has 0 aromatic heterocycles. The van der Waals surface area contributed by atoms with Gasteiger partial charge in [-0.1, -0.05) is 6.08 Å². The fourth-order valence-electron chi connectivity index (χ4n) is 7.54. The third kappa shape index (κ3) is 17.1. The first-order valence-electron chi connectivity index (χ1n) is 20.1. The van der Waals surface area contributed by atoms with Crippen molar-refractivity contribution in [2.75, 3.05) is 13.2 Å². The standard InChI is InChI=1S/C32H50N2O34S4/c1-4-5-6-11-14(33-9(2)35)23(21(63-69-67-65-46)12(56-11)7-54-71(48,49)50)58-32-20(41)18(39)25(27(62-32)29(44)45)60-30-15(34-10(3)36)24(59-31-19(40)16(37)17(38)26(61-31)28(42)43)22(64-70-68-66-47)13(57-30)8-55-72(51,52)53/h4,11-27,30-32,37-41,46-47H,1,5-8H2,2-3H3,(H,33,35)(H,34,36)(H,42,43)(H,44,45)(H,48,49,50)(H,51,52,53)/p-6. The van der Waals surface area contributed by atoms with E-state index < -0.39 is 180 Å². The van der Waals surface area contributed by atoms with Crippen molar-refractivity contribution in [3.63, 3.8) is 0 Å². The second-order valence-corrected chi connectivity index (χ2v) is 18.3. The number of aliphatic carboxylic acids is 2. The fraction of sp³-hybridized carbons (Fsp3) is 0.812. The van der Waals surface area contributed by atoms with Crippen LogP contribution < -0.4 is 31.4 Å². The van der Waals surface area contributed by atoms with Crippen LogP contribution in [0.2, 0.25) is 0 Å². The molecule has 4 aliphatic rings. The van der Waals surface area contributed by atoms with Crippen LogP contribution in [0.1, 0.15) is 26.7 Å². The minimum Gasteiger partial charge on any atom is -0.726 e. The zero-order valence-electron chi connectivity index (χ0n) is 36.4. The number of carboxylic acids is 2. The Morgan fingerprint density at radius 3 is 1.50 bits per heavy atom. The van der Waals surface area contributed by atoms with E-state index in [0.29, 0.717) is 0 Å². The van der Waals surface area contributed by atoms with Gasteiger partial charge in [0.2, 0.25) is 32.6 Å². The molecule has 0 radical (unpaired) electrons. The van der Waals surface area contributed by atoms with E-state index in [1.54, 1.807) is 0 Å². The van der Waals surface area contributed by atoms with Gasteiger partial charge in [-0.05, 0) is 12.8 Å². The summed E-state index contributed by atoms with van der Waals surface area (Å²) < 4.78 is 136. The van der Waals surface area contributed by atoms with Crippen molar-refractivity contribution in [2.45, 2.75) is 149 Å². The predicted molar refractivity (Wildman–Crippen MR) is 205 cm³/mol. The summed E-state index contributed by atoms with van der Waals surface area (Å²) in [6.45, 7) is 2.74. The lowest BCUT2D eigenvalue weighted by Gasteiger charge is -2.51. The molecule has 4 aliphatic heterocycles. The van der Waals surface area contributed by atoms with E-state index in [2.05, 4.69) is 44.3 Å². The molecular formula is C32H44N2O34S4-6. The normalized spacial score (nSPS) is 37.6. The number of nitrogens with one attached hydrogen (secondary N) is 2. The van der Waals surface area contributed by atoms with Gasteiger partial charge >= 0.3 is 0 Å². The van der Waals surface area contributed by atoms with Crippen LogP contribution in [0.5, 0.6) is 0 Å². The number of hydrogen-bond donors (Lipinski definition) is 7. The van der Waals surface area contributed by atoms with E-state index in [0.717, 1.165) is 13.8 Å². The highest BCUT2D eigenvalue weighted by molar-refractivity contribution is 7.90. The first-order valence-corrected chi connectivity index (χ1v) is 24.1. The van der Waals surface area contributed by atoms with Crippen LogP contribution in [-0.2, 0) is 109 Å². The van der Waals surface area contributed by atoms with Crippen LogP contribution in [-0.4, -0.2) is 211 Å². The minimum atomic E-state index is -5.69. The number of aliphatic hydroxyl groups excluding tert-OH is 5. The summed E-state index contributed by atoms with van der Waals surface area (Å²) in [6, 6.07) is -3.66. The molecule has 20 unspecified atom stereocenters. The van der Waals surface area contributed by atoms with Gasteiger partial charge < -0.3 is 109 Å². The molecule has 4 heterocycles. The summed E-state index contributed by atoms with van der Waals surface area (Å²) in [5.41, 5.74) is 0. The highest BCUT2D eigenvalue weighted by Crippen LogP contribution is 2.38. The van der Waals surface area contributed by atoms with Gasteiger partial charge in [-0.25, -0.2) is 16.8 Å². The number of carbonyl (C=O) groups excluding carboxylic acids is 4. The van der Waals surface area contributed by atoms with Gasteiger partial charge in [0, 0.05) is 13.8 Å². The van der Waals surface area contributed by atoms with Gasteiger partial charge in [-0.2, -0.15) is 0 Å². The number of amides is 2. The first kappa shape index (κ1) is 61.8. The molecule has 0 aromatic carbocycles. The molecule has 4 saturated heterocycles. The summed E-state index contributed by atoms with van der Waals surface area (Å²) in [7, 11) is -11.2. The maximum atomic E-state index is 12.9. The van der Waals surface area contributed by atoms with Crippen LogP contribution >= 0.6 is 24.6 Å². The number of carboxylic acid groups (broad SMARTS) is 2. The summed E-state index contributed by atoms with van der Waals surface area (Å²) in [6.07, 6.45) is -39.6. The Morgan fingerprint density at radius 1 is 0.597 bits per heavy atom. The Bertz CT molecular complexity index is 2030. The zero-order valence-corrected chi connectivity index (χ0v) is 39.6. The lowest BCUT2D eigenvalue weighted by atomic mass is 9.89. The van der Waals surface area contributed by atoms with Crippen LogP contribution in [0, 0.1) is 0 Å². The monoisotopic (exact) mass is 1130 g/mol. The van der Waals surface area contributed by atoms with Crippen LogP contribution in [0.3, 0.4) is 0 Å². The Balaban J connectivity index is 1.80. The predicted octanol–water partition coefficient (Wildman–Crippen LogP) is -11.3. The summed E-state index contributed by atoms with van der Waals surface area (Å²) >= 11 is -0.630. The van der Waals surface area contributed by atoms with E-state index in [-0.39, 0.29) is 37.5 Å². The van der Waals surface area contributed by atoms with Gasteiger partial charge in [0.15, 0.2) is 43.5 Å². The topological polar surface area (TPSA) is 539 Å². The number of carbonyl (C=O) groups is 4. The lowest BCUT2D eigenvalue weighted by Crippen LogP contribution is -2.71. The third-order valence-electron chi connectivity index (χ3n) is 10.5. The number of rotatable bonds is 27. The molecule has 72 heavy (non-hydrogen) atoms. The number of allylic oxidation sites excluding steroid dienone is 1. The molecular weight excluding hydrogens is 1080 g/mol. The molecule has 0 aliphatic carbocycles. The van der Waals surface area contributed by atoms with Crippen LogP contribution in [0.4, 0.5) is 0 Å². The molecule has 0 spiro atoms. The number of hydrogen-bond acceptors (Lipinski definition) is 36. The van der Waals surface area contributed by atoms with Gasteiger partial charge in [-0.15, -0.1) is 15.2 Å².